The molecule has 0 saturated carbocycles. The van der Waals surface area contributed by atoms with Gasteiger partial charge in [-0.1, -0.05) is 39.4 Å². The molecule has 0 radical (unpaired) electrons. The highest BCUT2D eigenvalue weighted by Gasteiger charge is 2.33. The monoisotopic (exact) mass is 459 g/mol. The van der Waals surface area contributed by atoms with E-state index in [-0.39, 0.29) is 27.1 Å². The molecule has 1 aliphatic rings. The summed E-state index contributed by atoms with van der Waals surface area (Å²) in [6.07, 6.45) is 0.740. The van der Waals surface area contributed by atoms with E-state index in [2.05, 4.69) is 20.9 Å². The third kappa shape index (κ3) is 3.78. The summed E-state index contributed by atoms with van der Waals surface area (Å²) in [6, 6.07) is 7.43. The molecular formula is C16H18BrN3O4S2. The number of hydrogen-bond acceptors (Lipinski definition) is 5. The van der Waals surface area contributed by atoms with Crippen LogP contribution in [0.2, 0.25) is 0 Å². The molecule has 26 heavy (non-hydrogen) atoms. The number of amides is 2. The summed E-state index contributed by atoms with van der Waals surface area (Å²) in [5, 5.41) is 0.284. The topological polar surface area (TPSA) is 90.8 Å². The normalized spacial score (nSPS) is 16.8. The van der Waals surface area contributed by atoms with Gasteiger partial charge < -0.3 is 4.90 Å². The molecule has 140 valence electrons. The Bertz CT molecular complexity index is 945. The van der Waals surface area contributed by atoms with Crippen LogP contribution in [0.5, 0.6) is 0 Å². The molecule has 1 aromatic heterocycles. The van der Waals surface area contributed by atoms with Crippen LogP contribution in [0.15, 0.2) is 32.9 Å². The second-order valence-corrected chi connectivity index (χ2v) is 9.57. The SMILES string of the molecule is Cc1nc(N2CCCN(C(C)c3cccc(Br)c3)C2=O)sc1S(=O)(=O)O. The first-order valence-electron chi connectivity index (χ1n) is 7.97. The highest BCUT2D eigenvalue weighted by molar-refractivity contribution is 9.10. The lowest BCUT2D eigenvalue weighted by molar-refractivity contribution is 0.175. The molecule has 1 aromatic carbocycles. The van der Waals surface area contributed by atoms with Crippen LogP contribution in [0.25, 0.3) is 0 Å². The van der Waals surface area contributed by atoms with Crippen molar-refractivity contribution in [2.24, 2.45) is 0 Å². The molecule has 0 bridgehead atoms. The molecule has 1 aliphatic heterocycles. The number of hydrogen-bond donors (Lipinski definition) is 1. The van der Waals surface area contributed by atoms with Crippen molar-refractivity contribution in [1.82, 2.24) is 9.88 Å². The van der Waals surface area contributed by atoms with Crippen molar-refractivity contribution in [3.8, 4) is 0 Å². The van der Waals surface area contributed by atoms with E-state index < -0.39 is 10.1 Å². The van der Waals surface area contributed by atoms with Gasteiger partial charge in [-0.2, -0.15) is 8.42 Å². The lowest BCUT2D eigenvalue weighted by atomic mass is 10.1. The van der Waals surface area contributed by atoms with E-state index in [0.29, 0.717) is 13.1 Å². The van der Waals surface area contributed by atoms with Gasteiger partial charge in [0, 0.05) is 17.6 Å². The highest BCUT2D eigenvalue weighted by Crippen LogP contribution is 2.33. The highest BCUT2D eigenvalue weighted by atomic mass is 79.9. The Morgan fingerprint density at radius 1 is 1.35 bits per heavy atom. The Morgan fingerprint density at radius 3 is 2.69 bits per heavy atom. The van der Waals surface area contributed by atoms with Gasteiger partial charge in [0.15, 0.2) is 9.34 Å². The summed E-state index contributed by atoms with van der Waals surface area (Å²) in [5.41, 5.74) is 1.20. The van der Waals surface area contributed by atoms with Crippen LogP contribution < -0.4 is 4.90 Å². The number of thiazole rings is 1. The summed E-state index contributed by atoms with van der Waals surface area (Å²) < 4.78 is 32.9. The Labute approximate surface area is 164 Å². The van der Waals surface area contributed by atoms with Gasteiger partial charge in [-0.25, -0.2) is 9.78 Å². The number of anilines is 1. The molecule has 1 fully saturated rings. The lowest BCUT2D eigenvalue weighted by Gasteiger charge is -2.38. The third-order valence-corrected chi connectivity index (χ3v) is 7.38. The quantitative estimate of drug-likeness (QED) is 0.700. The number of nitrogens with zero attached hydrogens (tertiary/aromatic N) is 3. The van der Waals surface area contributed by atoms with E-state index in [9.17, 15) is 17.8 Å². The zero-order chi connectivity index (χ0) is 19.1. The van der Waals surface area contributed by atoms with Crippen LogP contribution in [0.4, 0.5) is 9.93 Å². The lowest BCUT2D eigenvalue weighted by Crippen LogP contribution is -2.50. The van der Waals surface area contributed by atoms with Gasteiger partial charge in [-0.05, 0) is 38.0 Å². The number of aromatic nitrogens is 1. The van der Waals surface area contributed by atoms with Crippen molar-refractivity contribution in [2.75, 3.05) is 18.0 Å². The van der Waals surface area contributed by atoms with Crippen molar-refractivity contribution < 1.29 is 17.8 Å². The molecule has 0 spiro atoms. The Morgan fingerprint density at radius 2 is 2.08 bits per heavy atom. The third-order valence-electron chi connectivity index (χ3n) is 4.26. The van der Waals surface area contributed by atoms with Gasteiger partial charge in [0.25, 0.3) is 0 Å². The zero-order valence-electron chi connectivity index (χ0n) is 14.2. The minimum Gasteiger partial charge on any atom is -0.317 e. The fourth-order valence-corrected chi connectivity index (χ4v) is 5.25. The summed E-state index contributed by atoms with van der Waals surface area (Å²) in [5.74, 6) is 0. The molecule has 7 nitrogen and oxygen atoms in total. The largest absolute Gasteiger partial charge is 0.326 e. The summed E-state index contributed by atoms with van der Waals surface area (Å²) in [7, 11) is -4.35. The number of halogens is 1. The summed E-state index contributed by atoms with van der Waals surface area (Å²) in [6.45, 7) is 4.52. The Hall–Kier alpha value is -1.49. The molecule has 0 aliphatic carbocycles. The summed E-state index contributed by atoms with van der Waals surface area (Å²) in [4.78, 5) is 20.4. The predicted octanol–water partition coefficient (Wildman–Crippen LogP) is 3.85. The van der Waals surface area contributed by atoms with E-state index >= 15 is 0 Å². The van der Waals surface area contributed by atoms with Crippen molar-refractivity contribution >= 4 is 48.5 Å². The van der Waals surface area contributed by atoms with Crippen LogP contribution in [-0.2, 0) is 10.1 Å². The number of benzene rings is 1. The van der Waals surface area contributed by atoms with E-state index in [1.54, 1.807) is 4.90 Å². The number of urea groups is 1. The van der Waals surface area contributed by atoms with Crippen LogP contribution in [0.3, 0.4) is 0 Å². The fraction of sp³-hybridized carbons (Fsp3) is 0.375. The molecule has 2 heterocycles. The standard InChI is InChI=1S/C16H18BrN3O4S2/c1-10-14(26(22,23)24)25-15(18-10)20-8-4-7-19(16(20)21)11(2)12-5-3-6-13(17)9-12/h3,5-6,9,11H,4,7-8H2,1-2H3,(H,22,23,24). The van der Waals surface area contributed by atoms with E-state index in [1.807, 2.05) is 31.2 Å². The average molecular weight is 460 g/mol. The first-order chi connectivity index (χ1) is 12.2. The molecular weight excluding hydrogens is 442 g/mol. The van der Waals surface area contributed by atoms with E-state index in [4.69, 9.17) is 0 Å². The average Bonchev–Trinajstić information content (AvgIpc) is 2.96. The Balaban J connectivity index is 1.89. The van der Waals surface area contributed by atoms with Crippen molar-refractivity contribution in [3.63, 3.8) is 0 Å². The maximum atomic E-state index is 13.0. The number of carbonyl (C=O) groups excluding carboxylic acids is 1. The Kier molecular flexibility index (Phi) is 5.38. The van der Waals surface area contributed by atoms with Crippen LogP contribution in [0.1, 0.15) is 30.6 Å². The van der Waals surface area contributed by atoms with Gasteiger partial charge in [0.2, 0.25) is 0 Å². The predicted molar refractivity (Wildman–Crippen MR) is 103 cm³/mol. The van der Waals surface area contributed by atoms with Crippen molar-refractivity contribution in [3.05, 3.63) is 40.0 Å². The maximum Gasteiger partial charge on any atom is 0.326 e. The minimum absolute atomic E-state index is 0.134. The molecule has 1 unspecified atom stereocenters. The second-order valence-electron chi connectivity index (χ2n) is 6.06. The van der Waals surface area contributed by atoms with Gasteiger partial charge in [-0.15, -0.1) is 0 Å². The van der Waals surface area contributed by atoms with Gasteiger partial charge >= 0.3 is 16.1 Å². The van der Waals surface area contributed by atoms with E-state index in [0.717, 1.165) is 27.8 Å². The molecule has 3 rings (SSSR count). The molecule has 10 heteroatoms. The van der Waals surface area contributed by atoms with Crippen molar-refractivity contribution in [1.29, 1.82) is 0 Å². The minimum atomic E-state index is -4.35. The van der Waals surface area contributed by atoms with Crippen LogP contribution in [-0.4, -0.2) is 42.0 Å². The molecule has 1 N–H and O–H groups in total. The number of rotatable bonds is 4. The molecule has 2 amide bonds. The van der Waals surface area contributed by atoms with Gasteiger partial charge in [0.1, 0.15) is 0 Å². The number of aryl methyl sites for hydroxylation is 1. The van der Waals surface area contributed by atoms with Gasteiger partial charge in [-0.3, -0.25) is 9.45 Å². The molecule has 1 atom stereocenters. The number of carbonyl (C=O) groups is 1. The fourth-order valence-electron chi connectivity index (χ4n) is 2.95. The first kappa shape index (κ1) is 19.3. The van der Waals surface area contributed by atoms with Crippen LogP contribution in [0, 0.1) is 6.92 Å². The summed E-state index contributed by atoms with van der Waals surface area (Å²) >= 11 is 4.26. The van der Waals surface area contributed by atoms with Gasteiger partial charge in [0.05, 0.1) is 11.7 Å². The molecule has 1 saturated heterocycles. The molecule has 2 aromatic rings. The van der Waals surface area contributed by atoms with E-state index in [1.165, 1.54) is 11.8 Å². The van der Waals surface area contributed by atoms with Crippen LogP contribution >= 0.6 is 27.3 Å². The maximum absolute atomic E-state index is 13.0. The van der Waals surface area contributed by atoms with Crippen molar-refractivity contribution in [2.45, 2.75) is 30.5 Å². The smallest absolute Gasteiger partial charge is 0.317 e. The second kappa shape index (κ2) is 7.26. The zero-order valence-corrected chi connectivity index (χ0v) is 17.4. The first-order valence-corrected chi connectivity index (χ1v) is 11.0.